The monoisotopic (exact) mass is 190 g/mol. The Bertz CT molecular complexity index is 339. The third-order valence-corrected chi connectivity index (χ3v) is 2.12. The van der Waals surface area contributed by atoms with Crippen LogP contribution in [-0.2, 0) is 4.79 Å². The molecule has 0 bridgehead atoms. The quantitative estimate of drug-likeness (QED) is 0.795. The first-order chi connectivity index (χ1) is 6.61. The molecule has 74 valence electrons. The molecule has 1 rings (SSSR count). The third-order valence-electron chi connectivity index (χ3n) is 2.12. The van der Waals surface area contributed by atoms with Crippen molar-refractivity contribution in [1.29, 1.82) is 0 Å². The van der Waals surface area contributed by atoms with Crippen LogP contribution >= 0.6 is 0 Å². The molecule has 2 heteroatoms. The standard InChI is InChI=1S/C12H14O2/c1-9(8-10(2)12(13)14)11-6-4-3-5-7-11/h3-8,10H,1-2H3,(H,13,14). The fraction of sp³-hybridized carbons (Fsp3) is 0.250. The van der Waals surface area contributed by atoms with E-state index in [0.717, 1.165) is 11.1 Å². The summed E-state index contributed by atoms with van der Waals surface area (Å²) in [5, 5.41) is 8.73. The Labute approximate surface area is 83.9 Å². The van der Waals surface area contributed by atoms with E-state index in [1.165, 1.54) is 0 Å². The molecule has 1 N–H and O–H groups in total. The lowest BCUT2D eigenvalue weighted by molar-refractivity contribution is -0.139. The number of rotatable bonds is 3. The van der Waals surface area contributed by atoms with Gasteiger partial charge in [0.1, 0.15) is 0 Å². The maximum absolute atomic E-state index is 10.6. The summed E-state index contributed by atoms with van der Waals surface area (Å²) in [4.78, 5) is 10.6. The van der Waals surface area contributed by atoms with Crippen molar-refractivity contribution in [3.63, 3.8) is 0 Å². The van der Waals surface area contributed by atoms with Crippen LogP contribution in [0.5, 0.6) is 0 Å². The second kappa shape index (κ2) is 4.61. The minimum atomic E-state index is -0.791. The van der Waals surface area contributed by atoms with Gasteiger partial charge in [-0.25, -0.2) is 0 Å². The van der Waals surface area contributed by atoms with Crippen molar-refractivity contribution in [2.75, 3.05) is 0 Å². The van der Waals surface area contributed by atoms with Crippen LogP contribution in [0.2, 0.25) is 0 Å². The normalized spacial score (nSPS) is 13.7. The Kier molecular flexibility index (Phi) is 3.46. The topological polar surface area (TPSA) is 37.3 Å². The lowest BCUT2D eigenvalue weighted by Crippen LogP contribution is -2.06. The number of carboxylic acids is 1. The highest BCUT2D eigenvalue weighted by Crippen LogP contribution is 2.15. The molecule has 1 atom stereocenters. The van der Waals surface area contributed by atoms with Crippen molar-refractivity contribution >= 4 is 11.5 Å². The molecule has 14 heavy (non-hydrogen) atoms. The zero-order valence-corrected chi connectivity index (χ0v) is 8.40. The Morgan fingerprint density at radius 3 is 2.43 bits per heavy atom. The summed E-state index contributed by atoms with van der Waals surface area (Å²) in [5.74, 6) is -1.23. The third kappa shape index (κ3) is 2.73. The van der Waals surface area contributed by atoms with Crippen LogP contribution in [-0.4, -0.2) is 11.1 Å². The van der Waals surface area contributed by atoms with Crippen LogP contribution in [0, 0.1) is 5.92 Å². The summed E-state index contributed by atoms with van der Waals surface area (Å²) in [7, 11) is 0. The first kappa shape index (κ1) is 10.5. The fourth-order valence-electron chi connectivity index (χ4n) is 1.24. The number of benzene rings is 1. The second-order valence-electron chi connectivity index (χ2n) is 3.34. The largest absolute Gasteiger partial charge is 0.481 e. The van der Waals surface area contributed by atoms with Crippen molar-refractivity contribution in [2.24, 2.45) is 5.92 Å². The second-order valence-corrected chi connectivity index (χ2v) is 3.34. The summed E-state index contributed by atoms with van der Waals surface area (Å²) < 4.78 is 0. The van der Waals surface area contributed by atoms with Crippen molar-refractivity contribution in [2.45, 2.75) is 13.8 Å². The Morgan fingerprint density at radius 2 is 1.93 bits per heavy atom. The summed E-state index contributed by atoms with van der Waals surface area (Å²) in [6.45, 7) is 3.60. The molecule has 1 aromatic rings. The highest BCUT2D eigenvalue weighted by Gasteiger charge is 2.07. The molecule has 0 amide bonds. The van der Waals surface area contributed by atoms with Gasteiger partial charge in [0.15, 0.2) is 0 Å². The molecule has 0 saturated carbocycles. The number of carbonyl (C=O) groups is 1. The van der Waals surface area contributed by atoms with Crippen LogP contribution in [0.25, 0.3) is 5.57 Å². The zero-order chi connectivity index (χ0) is 10.6. The Hall–Kier alpha value is -1.57. The van der Waals surface area contributed by atoms with E-state index in [1.807, 2.05) is 37.3 Å². The van der Waals surface area contributed by atoms with Crippen molar-refractivity contribution in [3.05, 3.63) is 42.0 Å². The minimum Gasteiger partial charge on any atom is -0.481 e. The smallest absolute Gasteiger partial charge is 0.310 e. The lowest BCUT2D eigenvalue weighted by Gasteiger charge is -2.03. The maximum Gasteiger partial charge on any atom is 0.310 e. The number of hydrogen-bond donors (Lipinski definition) is 1. The van der Waals surface area contributed by atoms with Crippen LogP contribution < -0.4 is 0 Å². The molecule has 0 fully saturated rings. The van der Waals surface area contributed by atoms with Crippen LogP contribution in [0.4, 0.5) is 0 Å². The molecule has 0 heterocycles. The van der Waals surface area contributed by atoms with E-state index in [1.54, 1.807) is 13.0 Å². The van der Waals surface area contributed by atoms with Crippen molar-refractivity contribution < 1.29 is 9.90 Å². The molecule has 0 spiro atoms. The predicted octanol–water partition coefficient (Wildman–Crippen LogP) is 2.81. The molecule has 0 aromatic heterocycles. The maximum atomic E-state index is 10.6. The molecule has 0 aliphatic carbocycles. The molecular formula is C12H14O2. The van der Waals surface area contributed by atoms with Gasteiger partial charge in [0.05, 0.1) is 5.92 Å². The van der Waals surface area contributed by atoms with E-state index in [-0.39, 0.29) is 0 Å². The van der Waals surface area contributed by atoms with Gasteiger partial charge in [0, 0.05) is 0 Å². The zero-order valence-electron chi connectivity index (χ0n) is 8.40. The average Bonchev–Trinajstić information content (AvgIpc) is 2.19. The molecular weight excluding hydrogens is 176 g/mol. The minimum absolute atomic E-state index is 0.435. The summed E-state index contributed by atoms with van der Waals surface area (Å²) in [6, 6.07) is 9.77. The van der Waals surface area contributed by atoms with Gasteiger partial charge in [-0.3, -0.25) is 4.79 Å². The predicted molar refractivity (Wildman–Crippen MR) is 56.9 cm³/mol. The number of aliphatic carboxylic acids is 1. The molecule has 1 aromatic carbocycles. The molecule has 0 radical (unpaired) electrons. The van der Waals surface area contributed by atoms with Crippen LogP contribution in [0.1, 0.15) is 19.4 Å². The SMILES string of the molecule is CC(=CC(C)C(=O)O)c1ccccc1. The van der Waals surface area contributed by atoms with Crippen LogP contribution in [0.15, 0.2) is 36.4 Å². The fourth-order valence-corrected chi connectivity index (χ4v) is 1.24. The first-order valence-corrected chi connectivity index (χ1v) is 4.58. The van der Waals surface area contributed by atoms with E-state index < -0.39 is 11.9 Å². The molecule has 1 unspecified atom stereocenters. The van der Waals surface area contributed by atoms with E-state index in [2.05, 4.69) is 0 Å². The Balaban J connectivity index is 2.85. The number of carboxylic acid groups (broad SMARTS) is 1. The van der Waals surface area contributed by atoms with Gasteiger partial charge in [-0.05, 0) is 25.0 Å². The van der Waals surface area contributed by atoms with Crippen molar-refractivity contribution in [1.82, 2.24) is 0 Å². The first-order valence-electron chi connectivity index (χ1n) is 4.58. The van der Waals surface area contributed by atoms with E-state index in [0.29, 0.717) is 0 Å². The summed E-state index contributed by atoms with van der Waals surface area (Å²) in [6.07, 6.45) is 1.76. The number of hydrogen-bond acceptors (Lipinski definition) is 1. The van der Waals surface area contributed by atoms with E-state index >= 15 is 0 Å². The van der Waals surface area contributed by atoms with Gasteiger partial charge in [-0.2, -0.15) is 0 Å². The molecule has 0 aliphatic heterocycles. The van der Waals surface area contributed by atoms with E-state index in [4.69, 9.17) is 5.11 Å². The Morgan fingerprint density at radius 1 is 1.36 bits per heavy atom. The van der Waals surface area contributed by atoms with Gasteiger partial charge in [-0.15, -0.1) is 0 Å². The van der Waals surface area contributed by atoms with Gasteiger partial charge in [0.25, 0.3) is 0 Å². The van der Waals surface area contributed by atoms with Gasteiger partial charge in [0.2, 0.25) is 0 Å². The highest BCUT2D eigenvalue weighted by molar-refractivity contribution is 5.75. The van der Waals surface area contributed by atoms with Gasteiger partial charge < -0.3 is 5.11 Å². The molecule has 2 nitrogen and oxygen atoms in total. The summed E-state index contributed by atoms with van der Waals surface area (Å²) >= 11 is 0. The highest BCUT2D eigenvalue weighted by atomic mass is 16.4. The van der Waals surface area contributed by atoms with Crippen molar-refractivity contribution in [3.8, 4) is 0 Å². The van der Waals surface area contributed by atoms with Gasteiger partial charge >= 0.3 is 5.97 Å². The van der Waals surface area contributed by atoms with Gasteiger partial charge in [-0.1, -0.05) is 36.4 Å². The lowest BCUT2D eigenvalue weighted by atomic mass is 10.0. The van der Waals surface area contributed by atoms with E-state index in [9.17, 15) is 4.79 Å². The molecule has 0 saturated heterocycles. The molecule has 0 aliphatic rings. The number of allylic oxidation sites excluding steroid dienone is 1. The summed E-state index contributed by atoms with van der Waals surface area (Å²) in [5.41, 5.74) is 2.07. The average molecular weight is 190 g/mol. The van der Waals surface area contributed by atoms with Crippen LogP contribution in [0.3, 0.4) is 0 Å².